The predicted octanol–water partition coefficient (Wildman–Crippen LogP) is 0.906. The Morgan fingerprint density at radius 2 is 2.29 bits per heavy atom. The van der Waals surface area contributed by atoms with Crippen molar-refractivity contribution < 1.29 is 4.79 Å². The average Bonchev–Trinajstić information content (AvgIpc) is 2.77. The summed E-state index contributed by atoms with van der Waals surface area (Å²) in [5.41, 5.74) is 0. The van der Waals surface area contributed by atoms with Gasteiger partial charge in [0.2, 0.25) is 5.91 Å². The molecule has 0 saturated carbocycles. The lowest BCUT2D eigenvalue weighted by molar-refractivity contribution is -0.133. The second-order valence-corrected chi connectivity index (χ2v) is 5.34. The monoisotopic (exact) mass is 214 g/mol. The van der Waals surface area contributed by atoms with Crippen molar-refractivity contribution in [2.75, 3.05) is 18.2 Å². The van der Waals surface area contributed by atoms with Gasteiger partial charge in [-0.05, 0) is 19.3 Å². The Labute approximate surface area is 89.6 Å². The lowest BCUT2D eigenvalue weighted by Gasteiger charge is -2.26. The van der Waals surface area contributed by atoms with Gasteiger partial charge in [-0.3, -0.25) is 10.1 Å². The third kappa shape index (κ3) is 1.77. The first kappa shape index (κ1) is 10.3. The Bertz CT molecular complexity index is 228. The Hall–Kier alpha value is -0.220. The van der Waals surface area contributed by atoms with Gasteiger partial charge < -0.3 is 4.90 Å². The molecule has 0 aromatic rings. The molecule has 2 aliphatic rings. The van der Waals surface area contributed by atoms with Crippen molar-refractivity contribution in [2.45, 2.75) is 32.4 Å². The highest BCUT2D eigenvalue weighted by molar-refractivity contribution is 7.99. The molecule has 0 aromatic heterocycles. The highest BCUT2D eigenvalue weighted by atomic mass is 32.2. The van der Waals surface area contributed by atoms with Crippen LogP contribution in [0.2, 0.25) is 0 Å². The topological polar surface area (TPSA) is 32.3 Å². The van der Waals surface area contributed by atoms with Gasteiger partial charge in [0, 0.05) is 24.2 Å². The molecule has 2 heterocycles. The van der Waals surface area contributed by atoms with E-state index in [4.69, 9.17) is 0 Å². The largest absolute Gasteiger partial charge is 0.338 e. The minimum atomic E-state index is 0.0766. The zero-order valence-electron chi connectivity index (χ0n) is 8.82. The molecule has 14 heavy (non-hydrogen) atoms. The highest BCUT2D eigenvalue weighted by Gasteiger charge is 2.35. The average molecular weight is 214 g/mol. The summed E-state index contributed by atoms with van der Waals surface area (Å²) in [5, 5.41) is 3.24. The maximum atomic E-state index is 12.1. The van der Waals surface area contributed by atoms with E-state index in [-0.39, 0.29) is 6.04 Å². The fourth-order valence-corrected chi connectivity index (χ4v) is 3.09. The molecule has 3 nitrogen and oxygen atoms in total. The molecule has 2 aliphatic heterocycles. The van der Waals surface area contributed by atoms with Crippen LogP contribution in [0.5, 0.6) is 0 Å². The van der Waals surface area contributed by atoms with Gasteiger partial charge in [0.1, 0.15) is 0 Å². The summed E-state index contributed by atoms with van der Waals surface area (Å²) in [7, 11) is 0. The maximum absolute atomic E-state index is 12.1. The van der Waals surface area contributed by atoms with Crippen LogP contribution >= 0.6 is 11.8 Å². The quantitative estimate of drug-likeness (QED) is 0.704. The number of thioether (sulfide) groups is 1. The maximum Gasteiger partial charge on any atom is 0.240 e. The van der Waals surface area contributed by atoms with E-state index in [1.54, 1.807) is 0 Å². The summed E-state index contributed by atoms with van der Waals surface area (Å²) in [6.45, 7) is 5.34. The molecule has 4 heteroatoms. The number of rotatable bonds is 1. The van der Waals surface area contributed by atoms with E-state index in [1.165, 1.54) is 0 Å². The third-order valence-electron chi connectivity index (χ3n) is 3.44. The smallest absolute Gasteiger partial charge is 0.240 e. The fraction of sp³-hybridized carbons (Fsp3) is 0.900. The predicted molar refractivity (Wildman–Crippen MR) is 59.2 cm³/mol. The molecule has 1 amide bonds. The molecule has 80 valence electrons. The van der Waals surface area contributed by atoms with Crippen LogP contribution in [0.25, 0.3) is 0 Å². The minimum Gasteiger partial charge on any atom is -0.338 e. The van der Waals surface area contributed by atoms with Crippen molar-refractivity contribution >= 4 is 17.7 Å². The molecule has 0 aromatic carbocycles. The fourth-order valence-electron chi connectivity index (χ4n) is 2.16. The molecule has 2 rings (SSSR count). The molecule has 0 aliphatic carbocycles. The van der Waals surface area contributed by atoms with Gasteiger partial charge in [0.05, 0.1) is 6.04 Å². The van der Waals surface area contributed by atoms with Crippen LogP contribution in [0.1, 0.15) is 20.3 Å². The van der Waals surface area contributed by atoms with Crippen LogP contribution < -0.4 is 5.32 Å². The van der Waals surface area contributed by atoms with E-state index >= 15 is 0 Å². The molecule has 2 fully saturated rings. The zero-order valence-corrected chi connectivity index (χ0v) is 9.64. The summed E-state index contributed by atoms with van der Waals surface area (Å²) in [6, 6.07) is 0.502. The molecule has 0 spiro atoms. The molecule has 3 atom stereocenters. The SMILES string of the molecule is CC1CCN(C(=O)[C@H]2CSCN2)C1C. The van der Waals surface area contributed by atoms with Crippen LogP contribution in [-0.2, 0) is 4.79 Å². The first-order valence-corrected chi connectivity index (χ1v) is 6.47. The third-order valence-corrected chi connectivity index (χ3v) is 4.38. The van der Waals surface area contributed by atoms with Crippen LogP contribution in [0, 0.1) is 5.92 Å². The summed E-state index contributed by atoms with van der Waals surface area (Å²) < 4.78 is 0. The second kappa shape index (κ2) is 4.11. The van der Waals surface area contributed by atoms with Crippen molar-refractivity contribution in [1.29, 1.82) is 0 Å². The van der Waals surface area contributed by atoms with Crippen LogP contribution in [0.15, 0.2) is 0 Å². The van der Waals surface area contributed by atoms with Gasteiger partial charge in [-0.2, -0.15) is 0 Å². The van der Waals surface area contributed by atoms with Gasteiger partial charge in [0.15, 0.2) is 0 Å². The van der Waals surface area contributed by atoms with E-state index in [0.29, 0.717) is 17.9 Å². The van der Waals surface area contributed by atoms with E-state index in [0.717, 1.165) is 24.6 Å². The summed E-state index contributed by atoms with van der Waals surface area (Å²) >= 11 is 1.81. The molecule has 1 N–H and O–H groups in total. The molecule has 0 radical (unpaired) electrons. The standard InChI is InChI=1S/C10H18N2OS/c1-7-3-4-12(8(7)2)10(13)9-5-14-6-11-9/h7-9,11H,3-6H2,1-2H3/t7?,8?,9-/m1/s1. The molecule has 2 unspecified atom stereocenters. The lowest BCUT2D eigenvalue weighted by Crippen LogP contribution is -2.46. The zero-order chi connectivity index (χ0) is 10.1. The van der Waals surface area contributed by atoms with E-state index in [2.05, 4.69) is 19.2 Å². The van der Waals surface area contributed by atoms with E-state index in [9.17, 15) is 4.79 Å². The summed E-state index contributed by atoms with van der Waals surface area (Å²) in [5.74, 6) is 2.84. The number of hydrogen-bond donors (Lipinski definition) is 1. The van der Waals surface area contributed by atoms with Crippen molar-refractivity contribution in [3.63, 3.8) is 0 Å². The van der Waals surface area contributed by atoms with Gasteiger partial charge in [-0.1, -0.05) is 6.92 Å². The van der Waals surface area contributed by atoms with Gasteiger partial charge >= 0.3 is 0 Å². The number of nitrogens with zero attached hydrogens (tertiary/aromatic N) is 1. The Morgan fingerprint density at radius 3 is 2.79 bits per heavy atom. The van der Waals surface area contributed by atoms with Gasteiger partial charge in [-0.15, -0.1) is 11.8 Å². The number of amides is 1. The Kier molecular flexibility index (Phi) is 3.02. The number of hydrogen-bond acceptors (Lipinski definition) is 3. The van der Waals surface area contributed by atoms with Crippen LogP contribution in [0.3, 0.4) is 0 Å². The first-order chi connectivity index (χ1) is 6.70. The van der Waals surface area contributed by atoms with E-state index < -0.39 is 0 Å². The summed E-state index contributed by atoms with van der Waals surface area (Å²) in [4.78, 5) is 14.1. The van der Waals surface area contributed by atoms with Crippen molar-refractivity contribution in [3.05, 3.63) is 0 Å². The minimum absolute atomic E-state index is 0.0766. The molecular weight excluding hydrogens is 196 g/mol. The summed E-state index contributed by atoms with van der Waals surface area (Å²) in [6.07, 6.45) is 1.16. The molecule has 0 bridgehead atoms. The molecule has 2 saturated heterocycles. The number of carbonyl (C=O) groups is 1. The number of carbonyl (C=O) groups excluding carboxylic acids is 1. The Morgan fingerprint density at radius 1 is 1.50 bits per heavy atom. The van der Waals surface area contributed by atoms with Crippen molar-refractivity contribution in [1.82, 2.24) is 10.2 Å². The van der Waals surface area contributed by atoms with Crippen molar-refractivity contribution in [2.24, 2.45) is 5.92 Å². The number of likely N-dealkylation sites (tertiary alicyclic amines) is 1. The highest BCUT2D eigenvalue weighted by Crippen LogP contribution is 2.25. The molecular formula is C10H18N2OS. The first-order valence-electron chi connectivity index (χ1n) is 5.31. The van der Waals surface area contributed by atoms with Crippen LogP contribution in [-0.4, -0.2) is 41.1 Å². The Balaban J connectivity index is 1.97. The van der Waals surface area contributed by atoms with E-state index in [1.807, 2.05) is 16.7 Å². The lowest BCUT2D eigenvalue weighted by atomic mass is 10.1. The van der Waals surface area contributed by atoms with Gasteiger partial charge in [-0.25, -0.2) is 0 Å². The second-order valence-electron chi connectivity index (χ2n) is 4.31. The van der Waals surface area contributed by atoms with Crippen LogP contribution in [0.4, 0.5) is 0 Å². The van der Waals surface area contributed by atoms with Crippen molar-refractivity contribution in [3.8, 4) is 0 Å². The normalized spacial score (nSPS) is 37.9. The number of nitrogens with one attached hydrogen (secondary N) is 1. The van der Waals surface area contributed by atoms with Gasteiger partial charge in [0.25, 0.3) is 0 Å².